The van der Waals surface area contributed by atoms with Crippen LogP contribution in [0.2, 0.25) is 0 Å². The third-order valence-corrected chi connectivity index (χ3v) is 17.1. The molecule has 2 heterocycles. The monoisotopic (exact) mass is 738 g/mol. The fraction of sp³-hybridized carbons (Fsp3) is 0.105. The van der Waals surface area contributed by atoms with E-state index in [4.69, 9.17) is 17.0 Å². The molecule has 8 aromatic rings. The summed E-state index contributed by atoms with van der Waals surface area (Å²) in [7, 11) is 7.04. The summed E-state index contributed by atoms with van der Waals surface area (Å²) in [6.45, 7) is 9.50. The Morgan fingerprint density at radius 3 is 1.25 bits per heavy atom. The molecule has 2 aromatic heterocycles. The standard InChI is InChI=1S/C38H30S2Si.2ClH.Zr/c1-23-25(3)37(33-29-19-11-13-21-31(29)39-35(23)33)41(27-15-7-5-8-16-27,28-17-9-6-10-18-28)38-26(4)24(2)36-34(38)30-20-12-14-22-32(30)40-36;;;/h5-22H,1-4H3;2*1H;/q-2;;;+4/p-2. The van der Waals surface area contributed by atoms with Crippen molar-refractivity contribution in [1.82, 2.24) is 0 Å². The number of halogens is 2. The Morgan fingerprint density at radius 1 is 0.523 bits per heavy atom. The van der Waals surface area contributed by atoms with Crippen LogP contribution in [0.15, 0.2) is 109 Å². The molecule has 0 saturated heterocycles. The van der Waals surface area contributed by atoms with Crippen molar-refractivity contribution < 1.29 is 20.8 Å². The van der Waals surface area contributed by atoms with Gasteiger partial charge in [-0.05, 0) is 9.40 Å². The molecule has 0 spiro atoms. The van der Waals surface area contributed by atoms with Crippen molar-refractivity contribution in [1.29, 1.82) is 0 Å². The zero-order valence-corrected chi connectivity index (χ0v) is 31.6. The van der Waals surface area contributed by atoms with Crippen molar-refractivity contribution in [2.45, 2.75) is 27.7 Å². The van der Waals surface area contributed by atoms with E-state index < -0.39 is 28.9 Å². The van der Waals surface area contributed by atoms with Gasteiger partial charge in [-0.2, -0.15) is 0 Å². The van der Waals surface area contributed by atoms with Crippen LogP contribution >= 0.6 is 39.7 Å². The number of thiophene rings is 2. The molecule has 0 saturated carbocycles. The summed E-state index contributed by atoms with van der Waals surface area (Å²) in [5.74, 6) is 0. The topological polar surface area (TPSA) is 0 Å². The molecule has 0 aliphatic heterocycles. The Labute approximate surface area is 286 Å². The number of aryl methyl sites for hydroxylation is 2. The minimum absolute atomic E-state index is 0.826. The molecule has 44 heavy (non-hydrogen) atoms. The second-order valence-corrected chi connectivity index (χ2v) is 20.9. The van der Waals surface area contributed by atoms with E-state index in [0.717, 1.165) is 0 Å². The zero-order valence-electron chi connectivity index (χ0n) is 25.0. The average molecular weight is 741 g/mol. The predicted octanol–water partition coefficient (Wildman–Crippen LogP) is 9.85. The molecule has 6 aromatic carbocycles. The summed E-state index contributed by atoms with van der Waals surface area (Å²) in [6, 6.07) is 41.1. The van der Waals surface area contributed by atoms with E-state index in [2.05, 4.69) is 137 Å². The van der Waals surface area contributed by atoms with Crippen LogP contribution in [-0.4, -0.2) is 8.07 Å². The van der Waals surface area contributed by atoms with Crippen molar-refractivity contribution in [3.63, 3.8) is 0 Å². The van der Waals surface area contributed by atoms with Gasteiger partial charge in [0.15, 0.2) is 0 Å². The Balaban J connectivity index is 0.00000100. The summed E-state index contributed by atoms with van der Waals surface area (Å²) in [5.41, 5.74) is 5.80. The molecular formula is C38H30Cl2S2SiZr. The van der Waals surface area contributed by atoms with Gasteiger partial charge in [0.05, 0.1) is 8.07 Å². The van der Waals surface area contributed by atoms with E-state index >= 15 is 0 Å². The molecule has 0 aliphatic rings. The van der Waals surface area contributed by atoms with Gasteiger partial charge in [-0.25, -0.2) is 22.7 Å². The fourth-order valence-electron chi connectivity index (χ4n) is 7.39. The molecule has 0 fully saturated rings. The maximum absolute atomic E-state index is 4.93. The van der Waals surface area contributed by atoms with Crippen LogP contribution in [0.5, 0.6) is 0 Å². The van der Waals surface area contributed by atoms with Crippen LogP contribution in [0.1, 0.15) is 22.3 Å². The molecule has 0 radical (unpaired) electrons. The first kappa shape index (κ1) is 30.4. The van der Waals surface area contributed by atoms with Gasteiger partial charge in [0, 0.05) is 0 Å². The first-order valence-electron chi connectivity index (χ1n) is 14.7. The minimum atomic E-state index is -2.82. The molecule has 0 N–H and O–H groups in total. The van der Waals surface area contributed by atoms with Gasteiger partial charge in [-0.15, -0.1) is 43.4 Å². The first-order valence-corrected chi connectivity index (χ1v) is 24.6. The predicted molar refractivity (Wildman–Crippen MR) is 198 cm³/mol. The van der Waals surface area contributed by atoms with Crippen LogP contribution in [0.25, 0.3) is 40.3 Å². The van der Waals surface area contributed by atoms with Crippen LogP contribution < -0.4 is 20.7 Å². The van der Waals surface area contributed by atoms with E-state index in [9.17, 15) is 0 Å². The molecule has 0 nitrogen and oxygen atoms in total. The average Bonchev–Trinajstić information content (AvgIpc) is 3.76. The Morgan fingerprint density at radius 2 is 0.864 bits per heavy atom. The third-order valence-electron chi connectivity index (χ3n) is 9.41. The van der Waals surface area contributed by atoms with Gasteiger partial charge in [0.1, 0.15) is 0 Å². The van der Waals surface area contributed by atoms with E-state index in [1.54, 1.807) is 10.4 Å². The molecule has 8 rings (SSSR count). The fourth-order valence-corrected chi connectivity index (χ4v) is 16.0. The van der Waals surface area contributed by atoms with Gasteiger partial charge < -0.3 is 0 Å². The Hall–Kier alpha value is -2.30. The van der Waals surface area contributed by atoms with Crippen molar-refractivity contribution in [2.75, 3.05) is 0 Å². The summed E-state index contributed by atoms with van der Waals surface area (Å²) < 4.78 is 5.67. The number of rotatable bonds is 4. The molecular weight excluding hydrogens is 711 g/mol. The second-order valence-electron chi connectivity index (χ2n) is 11.4. The molecule has 216 valence electrons. The van der Waals surface area contributed by atoms with Crippen molar-refractivity contribution in [2.24, 2.45) is 0 Å². The Bertz CT molecular complexity index is 2110. The van der Waals surface area contributed by atoms with Crippen LogP contribution in [0, 0.1) is 27.7 Å². The van der Waals surface area contributed by atoms with E-state index in [1.807, 2.05) is 22.7 Å². The van der Waals surface area contributed by atoms with Crippen LogP contribution in [0.4, 0.5) is 0 Å². The zero-order chi connectivity index (χ0) is 30.6. The quantitative estimate of drug-likeness (QED) is 0.125. The molecule has 0 amide bonds. The number of fused-ring (bicyclic) bond motifs is 6. The normalized spacial score (nSPS) is 11.8. The van der Waals surface area contributed by atoms with Gasteiger partial charge in [-0.3, -0.25) is 0 Å². The first-order chi connectivity index (χ1) is 21.4. The van der Waals surface area contributed by atoms with E-state index in [-0.39, 0.29) is 0 Å². The van der Waals surface area contributed by atoms with E-state index in [1.165, 1.54) is 73.0 Å². The molecule has 0 atom stereocenters. The van der Waals surface area contributed by atoms with Gasteiger partial charge in [0.25, 0.3) is 0 Å². The number of hydrogen-bond donors (Lipinski definition) is 0. The van der Waals surface area contributed by atoms with Gasteiger partial charge in [0.2, 0.25) is 0 Å². The van der Waals surface area contributed by atoms with Crippen molar-refractivity contribution >= 4 is 109 Å². The van der Waals surface area contributed by atoms with Crippen LogP contribution in [-0.2, 0) is 20.8 Å². The Kier molecular flexibility index (Phi) is 8.37. The third kappa shape index (κ3) is 4.44. The summed E-state index contributed by atoms with van der Waals surface area (Å²) in [6.07, 6.45) is 0. The molecule has 0 unspecified atom stereocenters. The number of benzene rings is 4. The molecule has 0 aliphatic carbocycles. The second kappa shape index (κ2) is 12.1. The molecule has 6 heteroatoms. The molecule has 0 bridgehead atoms. The number of hydrogen-bond acceptors (Lipinski definition) is 2. The van der Waals surface area contributed by atoms with Crippen LogP contribution in [0.3, 0.4) is 0 Å². The van der Waals surface area contributed by atoms with E-state index in [0.29, 0.717) is 0 Å². The SMILES string of the molecule is Cc1c(C)[c-]([Si](c2ccccc2)(c2ccccc2)[c-]2c(C)c(C)c3sc4ccccc4c32)c2c1sc1ccccc12.[Cl][Zr+2][Cl]. The summed E-state index contributed by atoms with van der Waals surface area (Å²) >= 11 is 3.11. The summed E-state index contributed by atoms with van der Waals surface area (Å²) in [4.78, 5) is 0. The van der Waals surface area contributed by atoms with Crippen molar-refractivity contribution in [3.05, 3.63) is 131 Å². The van der Waals surface area contributed by atoms with Gasteiger partial charge in [-0.1, -0.05) is 167 Å². The van der Waals surface area contributed by atoms with Gasteiger partial charge >= 0.3 is 37.9 Å². The maximum atomic E-state index is 4.93. The summed E-state index contributed by atoms with van der Waals surface area (Å²) in [5, 5.41) is 11.8. The van der Waals surface area contributed by atoms with Crippen molar-refractivity contribution in [3.8, 4) is 0 Å².